The second-order valence-electron chi connectivity index (χ2n) is 3.55. The molecular weight excluding hydrogens is 234 g/mol. The number of ketones is 1. The third-order valence-corrected chi connectivity index (χ3v) is 3.17. The van der Waals surface area contributed by atoms with E-state index in [1.165, 1.54) is 18.3 Å². The van der Waals surface area contributed by atoms with Gasteiger partial charge in [0.15, 0.2) is 5.78 Å². The normalized spacial score (nSPS) is 10.2. The number of carbonyl (C=O) groups excluding carboxylic acids is 1. The lowest BCUT2D eigenvalue weighted by Crippen LogP contribution is -1.92. The van der Waals surface area contributed by atoms with Crippen LogP contribution < -0.4 is 4.74 Å². The summed E-state index contributed by atoms with van der Waals surface area (Å²) in [6, 6.07) is 7.73. The molecule has 0 N–H and O–H groups in total. The Morgan fingerprint density at radius 2 is 2.06 bits per heavy atom. The van der Waals surface area contributed by atoms with E-state index in [9.17, 15) is 4.79 Å². The van der Waals surface area contributed by atoms with Crippen LogP contribution in [0.25, 0.3) is 10.6 Å². The Balaban J connectivity index is 2.23. The first kappa shape index (κ1) is 11.8. The summed E-state index contributed by atoms with van der Waals surface area (Å²) in [5, 5.41) is 2.65. The van der Waals surface area contributed by atoms with E-state index >= 15 is 0 Å². The van der Waals surface area contributed by atoms with E-state index in [2.05, 4.69) is 4.98 Å². The molecule has 0 aliphatic carbocycles. The van der Waals surface area contributed by atoms with Gasteiger partial charge in [0.2, 0.25) is 0 Å². The molecule has 0 amide bonds. The number of nitrogens with zero attached hydrogens (tertiary/aromatic N) is 1. The second kappa shape index (κ2) is 5.10. The van der Waals surface area contributed by atoms with Crippen molar-refractivity contribution < 1.29 is 9.53 Å². The highest BCUT2D eigenvalue weighted by molar-refractivity contribution is 7.13. The Kier molecular flexibility index (Phi) is 3.54. The van der Waals surface area contributed by atoms with E-state index in [1.807, 2.05) is 31.2 Å². The molecule has 0 fully saturated rings. The van der Waals surface area contributed by atoms with Crippen LogP contribution in [0.1, 0.15) is 24.3 Å². The Morgan fingerprint density at radius 3 is 2.59 bits per heavy atom. The first-order chi connectivity index (χ1) is 8.20. The number of hydrogen-bond acceptors (Lipinski definition) is 4. The number of benzene rings is 1. The molecule has 0 saturated heterocycles. The van der Waals surface area contributed by atoms with Crippen molar-refractivity contribution in [2.45, 2.75) is 13.8 Å². The van der Waals surface area contributed by atoms with Crippen molar-refractivity contribution in [3.8, 4) is 16.3 Å². The summed E-state index contributed by atoms with van der Waals surface area (Å²) in [6.45, 7) is 4.13. The number of thiazole rings is 1. The Bertz CT molecular complexity index is 516. The summed E-state index contributed by atoms with van der Waals surface area (Å²) in [5.41, 5.74) is 1.53. The maximum atomic E-state index is 11.2. The number of carbonyl (C=O) groups is 1. The fraction of sp³-hybridized carbons (Fsp3) is 0.231. The number of hydrogen-bond donors (Lipinski definition) is 0. The molecule has 0 atom stereocenters. The molecule has 3 nitrogen and oxygen atoms in total. The van der Waals surface area contributed by atoms with Crippen LogP contribution in [0.2, 0.25) is 0 Å². The first-order valence-electron chi connectivity index (χ1n) is 5.40. The molecule has 2 rings (SSSR count). The van der Waals surface area contributed by atoms with E-state index in [0.717, 1.165) is 16.3 Å². The number of rotatable bonds is 4. The quantitative estimate of drug-likeness (QED) is 0.777. The highest BCUT2D eigenvalue weighted by Gasteiger charge is 2.07. The molecule has 1 aromatic carbocycles. The third kappa shape index (κ3) is 2.71. The lowest BCUT2D eigenvalue weighted by molar-refractivity contribution is 0.101. The smallest absolute Gasteiger partial charge is 0.178 e. The molecular formula is C13H13NO2S. The van der Waals surface area contributed by atoms with Crippen LogP contribution in [-0.2, 0) is 0 Å². The van der Waals surface area contributed by atoms with E-state index < -0.39 is 0 Å². The van der Waals surface area contributed by atoms with Gasteiger partial charge in [-0.25, -0.2) is 4.98 Å². The molecule has 2 aromatic rings. The zero-order valence-corrected chi connectivity index (χ0v) is 10.6. The zero-order chi connectivity index (χ0) is 12.3. The van der Waals surface area contributed by atoms with E-state index in [-0.39, 0.29) is 5.78 Å². The highest BCUT2D eigenvalue weighted by Crippen LogP contribution is 2.25. The van der Waals surface area contributed by atoms with Gasteiger partial charge in [-0.05, 0) is 31.2 Å². The Hall–Kier alpha value is -1.68. The molecule has 0 aliphatic rings. The van der Waals surface area contributed by atoms with Gasteiger partial charge in [0, 0.05) is 17.9 Å². The van der Waals surface area contributed by atoms with Gasteiger partial charge in [-0.3, -0.25) is 4.79 Å². The van der Waals surface area contributed by atoms with Crippen molar-refractivity contribution >= 4 is 17.1 Å². The van der Waals surface area contributed by atoms with Crippen molar-refractivity contribution in [1.82, 2.24) is 4.98 Å². The van der Waals surface area contributed by atoms with Gasteiger partial charge in [0.1, 0.15) is 16.5 Å². The lowest BCUT2D eigenvalue weighted by atomic mass is 10.2. The van der Waals surface area contributed by atoms with Crippen LogP contribution in [-0.4, -0.2) is 17.4 Å². The maximum Gasteiger partial charge on any atom is 0.178 e. The minimum atomic E-state index is -0.00145. The average molecular weight is 247 g/mol. The van der Waals surface area contributed by atoms with Gasteiger partial charge in [0.05, 0.1) is 6.61 Å². The van der Waals surface area contributed by atoms with Crippen LogP contribution in [0.3, 0.4) is 0 Å². The number of ether oxygens (including phenoxy) is 1. The standard InChI is InChI=1S/C13H13NO2S/c1-3-16-11-6-4-10(5-7-11)13-14-12(8-17-13)9(2)15/h4-8H,3H2,1-2H3. The summed E-state index contributed by atoms with van der Waals surface area (Å²) >= 11 is 1.48. The van der Waals surface area contributed by atoms with Gasteiger partial charge in [-0.1, -0.05) is 0 Å². The monoisotopic (exact) mass is 247 g/mol. The number of aromatic nitrogens is 1. The fourth-order valence-electron chi connectivity index (χ4n) is 1.43. The van der Waals surface area contributed by atoms with Crippen molar-refractivity contribution in [3.05, 3.63) is 35.3 Å². The average Bonchev–Trinajstić information content (AvgIpc) is 2.80. The Morgan fingerprint density at radius 1 is 1.35 bits per heavy atom. The maximum absolute atomic E-state index is 11.2. The van der Waals surface area contributed by atoms with Crippen LogP contribution in [0.5, 0.6) is 5.75 Å². The predicted molar refractivity (Wildman–Crippen MR) is 68.7 cm³/mol. The van der Waals surface area contributed by atoms with Crippen LogP contribution in [0.15, 0.2) is 29.6 Å². The molecule has 0 unspecified atom stereocenters. The van der Waals surface area contributed by atoms with E-state index in [0.29, 0.717) is 12.3 Å². The molecule has 17 heavy (non-hydrogen) atoms. The van der Waals surface area contributed by atoms with Crippen molar-refractivity contribution in [2.75, 3.05) is 6.61 Å². The van der Waals surface area contributed by atoms with Gasteiger partial charge in [0.25, 0.3) is 0 Å². The molecule has 4 heteroatoms. The topological polar surface area (TPSA) is 39.2 Å². The molecule has 0 bridgehead atoms. The van der Waals surface area contributed by atoms with Crippen molar-refractivity contribution in [2.24, 2.45) is 0 Å². The van der Waals surface area contributed by atoms with Gasteiger partial charge < -0.3 is 4.74 Å². The van der Waals surface area contributed by atoms with Crippen molar-refractivity contribution in [1.29, 1.82) is 0 Å². The molecule has 88 valence electrons. The number of Topliss-reactive ketones (excluding diaryl/α,β-unsaturated/α-hetero) is 1. The summed E-state index contributed by atoms with van der Waals surface area (Å²) in [7, 11) is 0. The Labute approximate surface area is 104 Å². The molecule has 0 saturated carbocycles. The highest BCUT2D eigenvalue weighted by atomic mass is 32.1. The SMILES string of the molecule is CCOc1ccc(-c2nc(C(C)=O)cs2)cc1. The molecule has 1 aromatic heterocycles. The van der Waals surface area contributed by atoms with Crippen LogP contribution in [0, 0.1) is 0 Å². The van der Waals surface area contributed by atoms with Crippen molar-refractivity contribution in [3.63, 3.8) is 0 Å². The van der Waals surface area contributed by atoms with Gasteiger partial charge in [-0.2, -0.15) is 0 Å². The fourth-order valence-corrected chi connectivity index (χ4v) is 2.29. The largest absolute Gasteiger partial charge is 0.494 e. The van der Waals surface area contributed by atoms with Crippen LogP contribution in [0.4, 0.5) is 0 Å². The minimum absolute atomic E-state index is 0.00145. The van der Waals surface area contributed by atoms with Crippen LogP contribution >= 0.6 is 11.3 Å². The summed E-state index contributed by atoms with van der Waals surface area (Å²) in [4.78, 5) is 15.4. The summed E-state index contributed by atoms with van der Waals surface area (Å²) in [6.07, 6.45) is 0. The minimum Gasteiger partial charge on any atom is -0.494 e. The van der Waals surface area contributed by atoms with Gasteiger partial charge >= 0.3 is 0 Å². The summed E-state index contributed by atoms with van der Waals surface area (Å²) < 4.78 is 5.37. The summed E-state index contributed by atoms with van der Waals surface area (Å²) in [5.74, 6) is 0.845. The molecule has 0 radical (unpaired) electrons. The second-order valence-corrected chi connectivity index (χ2v) is 4.41. The first-order valence-corrected chi connectivity index (χ1v) is 6.28. The third-order valence-electron chi connectivity index (χ3n) is 2.28. The zero-order valence-electron chi connectivity index (χ0n) is 9.77. The molecule has 0 aliphatic heterocycles. The predicted octanol–water partition coefficient (Wildman–Crippen LogP) is 3.41. The molecule has 1 heterocycles. The van der Waals surface area contributed by atoms with Gasteiger partial charge in [-0.15, -0.1) is 11.3 Å². The lowest BCUT2D eigenvalue weighted by Gasteiger charge is -2.02. The molecule has 0 spiro atoms. The van der Waals surface area contributed by atoms with E-state index in [4.69, 9.17) is 4.74 Å². The van der Waals surface area contributed by atoms with E-state index in [1.54, 1.807) is 5.38 Å².